The quantitative estimate of drug-likeness (QED) is 0.329. The second-order valence-corrected chi connectivity index (χ2v) is 9.22. The number of carbonyl (C=O) groups is 1. The van der Waals surface area contributed by atoms with E-state index in [-0.39, 0.29) is 5.91 Å². The lowest BCUT2D eigenvalue weighted by Gasteiger charge is -2.21. The number of fused-ring (bicyclic) bond motifs is 1. The molecule has 0 aliphatic rings. The topological polar surface area (TPSA) is 36.4 Å². The van der Waals surface area contributed by atoms with Crippen LogP contribution in [-0.2, 0) is 6.42 Å². The Balaban J connectivity index is 1.63. The smallest absolute Gasteiger partial charge is 0.260 e. The predicted molar refractivity (Wildman–Crippen MR) is 136 cm³/mol. The zero-order valence-corrected chi connectivity index (χ0v) is 19.7. The standard InChI is InChI=1S/C27H29N3OS/c1-4-20-11-16-24-25(19-20)32-27(28-24)30(18-8-17-29(2)3)26(31)23-14-12-22(13-15-23)21-9-6-5-7-10-21/h5-7,9-16,19H,4,8,17-18H2,1-3H3. The van der Waals surface area contributed by atoms with Crippen LogP contribution in [0.25, 0.3) is 21.3 Å². The predicted octanol–water partition coefficient (Wildman–Crippen LogP) is 6.12. The van der Waals surface area contributed by atoms with Gasteiger partial charge in [0.2, 0.25) is 0 Å². The van der Waals surface area contributed by atoms with Crippen LogP contribution in [0.4, 0.5) is 5.13 Å². The van der Waals surface area contributed by atoms with Crippen molar-refractivity contribution in [3.05, 3.63) is 83.9 Å². The molecule has 0 unspecified atom stereocenters. The molecule has 4 aromatic rings. The van der Waals surface area contributed by atoms with Gasteiger partial charge >= 0.3 is 0 Å². The number of amides is 1. The van der Waals surface area contributed by atoms with Crippen LogP contribution in [0.15, 0.2) is 72.8 Å². The molecule has 4 nitrogen and oxygen atoms in total. The molecule has 0 spiro atoms. The molecule has 0 fully saturated rings. The minimum Gasteiger partial charge on any atom is -0.309 e. The van der Waals surface area contributed by atoms with Crippen LogP contribution in [0.1, 0.15) is 29.3 Å². The number of thiazole rings is 1. The third-order valence-corrected chi connectivity index (χ3v) is 6.59. The third kappa shape index (κ3) is 5.06. The molecule has 0 saturated heterocycles. The van der Waals surface area contributed by atoms with Crippen LogP contribution in [-0.4, -0.2) is 43.0 Å². The Labute approximate surface area is 194 Å². The fourth-order valence-electron chi connectivity index (χ4n) is 3.71. The summed E-state index contributed by atoms with van der Waals surface area (Å²) in [7, 11) is 4.11. The fraction of sp³-hybridized carbons (Fsp3) is 0.259. The van der Waals surface area contributed by atoms with E-state index in [9.17, 15) is 4.79 Å². The van der Waals surface area contributed by atoms with Crippen molar-refractivity contribution < 1.29 is 4.79 Å². The van der Waals surface area contributed by atoms with Crippen LogP contribution >= 0.6 is 11.3 Å². The molecule has 0 radical (unpaired) electrons. The minimum absolute atomic E-state index is 0.00172. The lowest BCUT2D eigenvalue weighted by molar-refractivity contribution is 0.0986. The summed E-state index contributed by atoms with van der Waals surface area (Å²) < 4.78 is 1.13. The maximum Gasteiger partial charge on any atom is 0.260 e. The maximum atomic E-state index is 13.5. The summed E-state index contributed by atoms with van der Waals surface area (Å²) in [6, 6.07) is 24.5. The van der Waals surface area contributed by atoms with E-state index in [1.54, 1.807) is 11.3 Å². The van der Waals surface area contributed by atoms with E-state index < -0.39 is 0 Å². The van der Waals surface area contributed by atoms with Crippen molar-refractivity contribution in [2.75, 3.05) is 32.1 Å². The third-order valence-electron chi connectivity index (χ3n) is 5.55. The van der Waals surface area contributed by atoms with Gasteiger partial charge in [-0.3, -0.25) is 9.69 Å². The van der Waals surface area contributed by atoms with Crippen molar-refractivity contribution in [1.29, 1.82) is 0 Å². The van der Waals surface area contributed by atoms with Gasteiger partial charge in [-0.05, 0) is 74.4 Å². The van der Waals surface area contributed by atoms with Gasteiger partial charge in [0.05, 0.1) is 10.2 Å². The van der Waals surface area contributed by atoms with E-state index in [1.807, 2.05) is 47.4 Å². The first-order chi connectivity index (χ1) is 15.5. The summed E-state index contributed by atoms with van der Waals surface area (Å²) in [5, 5.41) is 0.768. The normalized spacial score (nSPS) is 11.2. The Kier molecular flexibility index (Phi) is 6.98. The summed E-state index contributed by atoms with van der Waals surface area (Å²) in [6.07, 6.45) is 1.87. The average Bonchev–Trinajstić information content (AvgIpc) is 3.25. The van der Waals surface area contributed by atoms with Crippen molar-refractivity contribution in [3.63, 3.8) is 0 Å². The number of nitrogens with zero attached hydrogens (tertiary/aromatic N) is 3. The van der Waals surface area contributed by atoms with Gasteiger partial charge in [-0.2, -0.15) is 0 Å². The van der Waals surface area contributed by atoms with E-state index in [0.29, 0.717) is 12.1 Å². The largest absolute Gasteiger partial charge is 0.309 e. The molecule has 1 aromatic heterocycles. The first kappa shape index (κ1) is 22.2. The van der Waals surface area contributed by atoms with Crippen molar-refractivity contribution in [2.45, 2.75) is 19.8 Å². The molecule has 164 valence electrons. The molecule has 5 heteroatoms. The molecule has 0 aliphatic carbocycles. The Hall–Kier alpha value is -3.02. The first-order valence-corrected chi connectivity index (χ1v) is 11.9. The summed E-state index contributed by atoms with van der Waals surface area (Å²) >= 11 is 1.60. The Morgan fingerprint density at radius 1 is 0.906 bits per heavy atom. The van der Waals surface area contributed by atoms with Gasteiger partial charge in [-0.1, -0.05) is 66.8 Å². The minimum atomic E-state index is -0.00172. The highest BCUT2D eigenvalue weighted by Gasteiger charge is 2.21. The Bertz CT molecular complexity index is 1180. The molecule has 1 amide bonds. The maximum absolute atomic E-state index is 13.5. The molecule has 1 heterocycles. The lowest BCUT2D eigenvalue weighted by atomic mass is 10.0. The molecule has 3 aromatic carbocycles. The second kappa shape index (κ2) is 10.1. The number of hydrogen-bond acceptors (Lipinski definition) is 4. The second-order valence-electron chi connectivity index (χ2n) is 8.21. The Morgan fingerprint density at radius 2 is 1.62 bits per heavy atom. The van der Waals surface area contributed by atoms with Crippen molar-refractivity contribution >= 4 is 32.6 Å². The molecule has 32 heavy (non-hydrogen) atoms. The fourth-order valence-corrected chi connectivity index (χ4v) is 4.77. The monoisotopic (exact) mass is 443 g/mol. The number of hydrogen-bond donors (Lipinski definition) is 0. The number of benzene rings is 3. The highest BCUT2D eigenvalue weighted by molar-refractivity contribution is 7.22. The molecular formula is C27H29N3OS. The summed E-state index contributed by atoms with van der Waals surface area (Å²) in [6.45, 7) is 3.71. The molecular weight excluding hydrogens is 414 g/mol. The first-order valence-electron chi connectivity index (χ1n) is 11.1. The van der Waals surface area contributed by atoms with Gasteiger partial charge in [0.15, 0.2) is 5.13 Å². The molecule has 4 rings (SSSR count). The van der Waals surface area contributed by atoms with E-state index in [0.717, 1.165) is 45.9 Å². The van der Waals surface area contributed by atoms with Crippen molar-refractivity contribution in [2.24, 2.45) is 0 Å². The number of aryl methyl sites for hydroxylation is 1. The van der Waals surface area contributed by atoms with Gasteiger partial charge in [0, 0.05) is 12.1 Å². The number of aromatic nitrogens is 1. The summed E-state index contributed by atoms with van der Waals surface area (Å²) in [5.74, 6) is -0.00172. The van der Waals surface area contributed by atoms with Crippen LogP contribution in [0.3, 0.4) is 0 Å². The van der Waals surface area contributed by atoms with Gasteiger partial charge in [-0.15, -0.1) is 0 Å². The van der Waals surface area contributed by atoms with Gasteiger partial charge in [0.1, 0.15) is 0 Å². The number of anilines is 1. The zero-order valence-electron chi connectivity index (χ0n) is 18.9. The number of carbonyl (C=O) groups excluding carboxylic acids is 1. The van der Waals surface area contributed by atoms with E-state index in [1.165, 1.54) is 5.56 Å². The van der Waals surface area contributed by atoms with E-state index in [2.05, 4.69) is 56.3 Å². The van der Waals surface area contributed by atoms with Gasteiger partial charge in [-0.25, -0.2) is 4.98 Å². The summed E-state index contributed by atoms with van der Waals surface area (Å²) in [5.41, 5.74) is 5.17. The SMILES string of the molecule is CCc1ccc2nc(N(CCCN(C)C)C(=O)c3ccc(-c4ccccc4)cc3)sc2c1. The van der Waals surface area contributed by atoms with Crippen molar-refractivity contribution in [1.82, 2.24) is 9.88 Å². The van der Waals surface area contributed by atoms with Crippen LogP contribution < -0.4 is 4.90 Å². The molecule has 0 atom stereocenters. The number of rotatable bonds is 8. The molecule has 0 bridgehead atoms. The highest BCUT2D eigenvalue weighted by atomic mass is 32.1. The highest BCUT2D eigenvalue weighted by Crippen LogP contribution is 2.31. The van der Waals surface area contributed by atoms with Crippen LogP contribution in [0, 0.1) is 0 Å². The van der Waals surface area contributed by atoms with Crippen LogP contribution in [0.5, 0.6) is 0 Å². The average molecular weight is 444 g/mol. The molecule has 0 N–H and O–H groups in total. The van der Waals surface area contributed by atoms with Crippen LogP contribution in [0.2, 0.25) is 0 Å². The van der Waals surface area contributed by atoms with Gasteiger partial charge in [0.25, 0.3) is 5.91 Å². The zero-order chi connectivity index (χ0) is 22.5. The Morgan fingerprint density at radius 3 is 2.31 bits per heavy atom. The lowest BCUT2D eigenvalue weighted by Crippen LogP contribution is -2.33. The van der Waals surface area contributed by atoms with E-state index >= 15 is 0 Å². The summed E-state index contributed by atoms with van der Waals surface area (Å²) in [4.78, 5) is 22.3. The van der Waals surface area contributed by atoms with E-state index in [4.69, 9.17) is 4.98 Å². The molecule has 0 aliphatic heterocycles. The van der Waals surface area contributed by atoms with Crippen molar-refractivity contribution in [3.8, 4) is 11.1 Å². The van der Waals surface area contributed by atoms with Gasteiger partial charge < -0.3 is 4.90 Å². The molecule has 0 saturated carbocycles.